The Morgan fingerprint density at radius 2 is 2.33 bits per heavy atom. The van der Waals surface area contributed by atoms with Crippen LogP contribution in [0, 0.1) is 6.92 Å². The Morgan fingerprint density at radius 3 is 3.08 bits per heavy atom. The van der Waals surface area contributed by atoms with Crippen LogP contribution < -0.4 is 11.1 Å². The van der Waals surface area contributed by atoms with Crippen molar-refractivity contribution in [2.45, 2.75) is 26.4 Å². The lowest BCUT2D eigenvalue weighted by molar-refractivity contribution is 0.476. The van der Waals surface area contributed by atoms with E-state index in [0.29, 0.717) is 6.54 Å². The molecule has 66 valence electrons. The van der Waals surface area contributed by atoms with Gasteiger partial charge in [-0.05, 0) is 25.5 Å². The third kappa shape index (κ3) is 1.06. The van der Waals surface area contributed by atoms with Gasteiger partial charge in [0.1, 0.15) is 11.5 Å². The van der Waals surface area contributed by atoms with Crippen LogP contribution in [0.15, 0.2) is 4.42 Å². The summed E-state index contributed by atoms with van der Waals surface area (Å²) in [6.45, 7) is 4.54. The number of nitrogens with one attached hydrogen (secondary N) is 1. The Bertz CT molecular complexity index is 291. The lowest BCUT2D eigenvalue weighted by Crippen LogP contribution is -2.07. The average molecular weight is 166 g/mol. The lowest BCUT2D eigenvalue weighted by Gasteiger charge is -1.98. The van der Waals surface area contributed by atoms with Crippen LogP contribution in [0.4, 0.5) is 0 Å². The number of nitrogens with two attached hydrogens (primary N) is 1. The number of rotatable bonds is 2. The highest BCUT2D eigenvalue weighted by Gasteiger charge is 2.20. The van der Waals surface area contributed by atoms with E-state index in [1.54, 1.807) is 0 Å². The molecule has 2 rings (SSSR count). The second-order valence-corrected chi connectivity index (χ2v) is 3.18. The van der Waals surface area contributed by atoms with Crippen molar-refractivity contribution in [3.8, 4) is 0 Å². The van der Waals surface area contributed by atoms with E-state index in [2.05, 4.69) is 5.32 Å². The van der Waals surface area contributed by atoms with Crippen LogP contribution >= 0.6 is 0 Å². The molecule has 3 N–H and O–H groups in total. The minimum Gasteiger partial charge on any atom is -0.464 e. The maximum Gasteiger partial charge on any atom is 0.122 e. The molecule has 0 unspecified atom stereocenters. The van der Waals surface area contributed by atoms with E-state index in [-0.39, 0.29) is 0 Å². The Kier molecular flexibility index (Phi) is 1.90. The number of furan rings is 1. The van der Waals surface area contributed by atoms with Gasteiger partial charge in [0.25, 0.3) is 0 Å². The standard InChI is InChI=1S/C9H14N2O/c1-6-7(2-3-10)8-4-11-5-9(8)12-6/h11H,2-5,10H2,1H3. The fraction of sp³-hybridized carbons (Fsp3) is 0.556. The molecule has 3 heteroatoms. The molecule has 3 nitrogen and oxygen atoms in total. The maximum atomic E-state index is 5.59. The average Bonchev–Trinajstić information content (AvgIpc) is 2.56. The molecule has 12 heavy (non-hydrogen) atoms. The maximum absolute atomic E-state index is 5.59. The van der Waals surface area contributed by atoms with Crippen LogP contribution in [0.25, 0.3) is 0 Å². The highest BCUT2D eigenvalue weighted by Crippen LogP contribution is 2.26. The van der Waals surface area contributed by atoms with E-state index in [1.165, 1.54) is 11.1 Å². The number of hydrogen-bond acceptors (Lipinski definition) is 3. The quantitative estimate of drug-likeness (QED) is 0.679. The molecular formula is C9H14N2O. The minimum atomic E-state index is 0.701. The molecule has 1 aliphatic rings. The molecule has 2 heterocycles. The van der Waals surface area contributed by atoms with Crippen LogP contribution in [-0.4, -0.2) is 6.54 Å². The molecular weight excluding hydrogens is 152 g/mol. The van der Waals surface area contributed by atoms with Crippen molar-refractivity contribution in [1.29, 1.82) is 0 Å². The van der Waals surface area contributed by atoms with E-state index in [4.69, 9.17) is 10.2 Å². The Labute approximate surface area is 71.9 Å². The van der Waals surface area contributed by atoms with Gasteiger partial charge in [-0.25, -0.2) is 0 Å². The van der Waals surface area contributed by atoms with Gasteiger partial charge in [-0.3, -0.25) is 0 Å². The SMILES string of the molecule is Cc1oc2c(c1CCN)CNC2. The van der Waals surface area contributed by atoms with Gasteiger partial charge in [0, 0.05) is 12.1 Å². The van der Waals surface area contributed by atoms with E-state index in [9.17, 15) is 0 Å². The van der Waals surface area contributed by atoms with Crippen molar-refractivity contribution in [2.24, 2.45) is 5.73 Å². The van der Waals surface area contributed by atoms with E-state index in [1.807, 2.05) is 6.92 Å². The molecule has 0 bridgehead atoms. The Morgan fingerprint density at radius 1 is 1.50 bits per heavy atom. The highest BCUT2D eigenvalue weighted by atomic mass is 16.3. The summed E-state index contributed by atoms with van der Waals surface area (Å²) in [5.74, 6) is 2.16. The second kappa shape index (κ2) is 2.92. The van der Waals surface area contributed by atoms with Crippen LogP contribution in [-0.2, 0) is 19.5 Å². The van der Waals surface area contributed by atoms with Crippen molar-refractivity contribution >= 4 is 0 Å². The molecule has 0 aromatic carbocycles. The summed E-state index contributed by atoms with van der Waals surface area (Å²) in [7, 11) is 0. The van der Waals surface area contributed by atoms with E-state index < -0.39 is 0 Å². The van der Waals surface area contributed by atoms with Gasteiger partial charge in [-0.1, -0.05) is 0 Å². The number of aryl methyl sites for hydroxylation is 1. The zero-order valence-electron chi connectivity index (χ0n) is 7.31. The molecule has 0 spiro atoms. The van der Waals surface area contributed by atoms with Gasteiger partial charge >= 0.3 is 0 Å². The summed E-state index contributed by atoms with van der Waals surface area (Å²) in [6, 6.07) is 0. The number of fused-ring (bicyclic) bond motifs is 1. The summed E-state index contributed by atoms with van der Waals surface area (Å²) in [6.07, 6.45) is 0.937. The summed E-state index contributed by atoms with van der Waals surface area (Å²) >= 11 is 0. The second-order valence-electron chi connectivity index (χ2n) is 3.18. The summed E-state index contributed by atoms with van der Waals surface area (Å²) in [4.78, 5) is 0. The topological polar surface area (TPSA) is 51.2 Å². The fourth-order valence-electron chi connectivity index (χ4n) is 1.81. The Balaban J connectivity index is 2.38. The summed E-state index contributed by atoms with van der Waals surface area (Å²) in [5, 5.41) is 3.26. The predicted octanol–water partition coefficient (Wildman–Crippen LogP) is 0.692. The molecule has 1 aromatic rings. The molecule has 0 saturated carbocycles. The zero-order chi connectivity index (χ0) is 8.55. The largest absolute Gasteiger partial charge is 0.464 e. The van der Waals surface area contributed by atoms with Crippen molar-refractivity contribution in [2.75, 3.05) is 6.54 Å². The van der Waals surface area contributed by atoms with Gasteiger partial charge in [0.05, 0.1) is 6.54 Å². The zero-order valence-corrected chi connectivity index (χ0v) is 7.31. The van der Waals surface area contributed by atoms with Crippen molar-refractivity contribution in [1.82, 2.24) is 5.32 Å². The fourth-order valence-corrected chi connectivity index (χ4v) is 1.81. The summed E-state index contributed by atoms with van der Waals surface area (Å²) < 4.78 is 5.59. The van der Waals surface area contributed by atoms with Gasteiger partial charge < -0.3 is 15.5 Å². The normalized spacial score (nSPS) is 15.2. The highest BCUT2D eigenvalue weighted by molar-refractivity contribution is 5.35. The first-order valence-electron chi connectivity index (χ1n) is 4.33. The molecule has 0 fully saturated rings. The van der Waals surface area contributed by atoms with Crippen molar-refractivity contribution < 1.29 is 4.42 Å². The minimum absolute atomic E-state index is 0.701. The van der Waals surface area contributed by atoms with Gasteiger partial charge in [-0.15, -0.1) is 0 Å². The van der Waals surface area contributed by atoms with Crippen molar-refractivity contribution in [3.05, 3.63) is 22.6 Å². The van der Waals surface area contributed by atoms with E-state index >= 15 is 0 Å². The van der Waals surface area contributed by atoms with Crippen LogP contribution in [0.2, 0.25) is 0 Å². The molecule has 0 atom stereocenters. The molecule has 0 saturated heterocycles. The third-order valence-electron chi connectivity index (χ3n) is 2.38. The predicted molar refractivity (Wildman–Crippen MR) is 46.7 cm³/mol. The van der Waals surface area contributed by atoms with Gasteiger partial charge in [-0.2, -0.15) is 0 Å². The molecule has 0 aliphatic carbocycles. The van der Waals surface area contributed by atoms with Crippen LogP contribution in [0.1, 0.15) is 22.6 Å². The smallest absolute Gasteiger partial charge is 0.122 e. The first kappa shape index (κ1) is 7.83. The summed E-state index contributed by atoms with van der Waals surface area (Å²) in [5.41, 5.74) is 8.18. The third-order valence-corrected chi connectivity index (χ3v) is 2.38. The van der Waals surface area contributed by atoms with E-state index in [0.717, 1.165) is 31.0 Å². The number of hydrogen-bond donors (Lipinski definition) is 2. The first-order valence-corrected chi connectivity index (χ1v) is 4.33. The van der Waals surface area contributed by atoms with Gasteiger partial charge in [0.2, 0.25) is 0 Å². The monoisotopic (exact) mass is 166 g/mol. The molecule has 1 aliphatic heterocycles. The van der Waals surface area contributed by atoms with Gasteiger partial charge in [0.15, 0.2) is 0 Å². The Hall–Kier alpha value is -0.800. The molecule has 0 radical (unpaired) electrons. The lowest BCUT2D eigenvalue weighted by atomic mass is 10.1. The van der Waals surface area contributed by atoms with Crippen molar-refractivity contribution in [3.63, 3.8) is 0 Å². The molecule has 0 amide bonds. The first-order chi connectivity index (χ1) is 5.83. The van der Waals surface area contributed by atoms with Crippen LogP contribution in [0.5, 0.6) is 0 Å². The molecule has 1 aromatic heterocycles. The van der Waals surface area contributed by atoms with Crippen LogP contribution in [0.3, 0.4) is 0 Å².